The molecule has 7 heteroatoms. The van der Waals surface area contributed by atoms with Crippen LogP contribution >= 0.6 is 12.2 Å². The monoisotopic (exact) mass is 267 g/mol. The van der Waals surface area contributed by atoms with Crippen LogP contribution in [0.2, 0.25) is 0 Å². The van der Waals surface area contributed by atoms with Gasteiger partial charge in [-0.2, -0.15) is 17.9 Å². The minimum atomic E-state index is -3.58. The number of hydrogen-bond acceptors (Lipinski definition) is 3. The molecule has 0 saturated heterocycles. The van der Waals surface area contributed by atoms with Crippen molar-refractivity contribution in [1.82, 2.24) is 9.44 Å². The number of nitrogens with one attached hydrogen (secondary N) is 2. The Kier molecular flexibility index (Phi) is 5.81. The van der Waals surface area contributed by atoms with Gasteiger partial charge in [0, 0.05) is 6.04 Å². The smallest absolute Gasteiger partial charge is 0.278 e. The zero-order valence-electron chi connectivity index (χ0n) is 10.2. The molecule has 4 N–H and O–H groups in total. The first-order valence-corrected chi connectivity index (χ1v) is 7.19. The van der Waals surface area contributed by atoms with E-state index in [0.717, 1.165) is 0 Å². The van der Waals surface area contributed by atoms with Crippen LogP contribution in [0, 0.1) is 0 Å². The highest BCUT2D eigenvalue weighted by molar-refractivity contribution is 7.87. The van der Waals surface area contributed by atoms with Crippen molar-refractivity contribution >= 4 is 27.4 Å². The van der Waals surface area contributed by atoms with Crippen molar-refractivity contribution in [3.63, 3.8) is 0 Å². The second kappa shape index (κ2) is 5.90. The zero-order valence-corrected chi connectivity index (χ0v) is 11.8. The molecule has 5 nitrogen and oxygen atoms in total. The molecule has 0 atom stereocenters. The molecule has 0 saturated carbocycles. The molecular weight excluding hydrogens is 246 g/mol. The molecular formula is C9H21N3O2S2. The van der Waals surface area contributed by atoms with E-state index >= 15 is 0 Å². The number of nitrogens with two attached hydrogens (primary N) is 1. The zero-order chi connectivity index (χ0) is 13.0. The molecule has 0 aliphatic heterocycles. The quantitative estimate of drug-likeness (QED) is 0.592. The molecule has 0 radical (unpaired) electrons. The Balaban J connectivity index is 4.97. The van der Waals surface area contributed by atoms with Crippen molar-refractivity contribution in [1.29, 1.82) is 0 Å². The van der Waals surface area contributed by atoms with Gasteiger partial charge in [-0.1, -0.05) is 26.1 Å². The Morgan fingerprint density at radius 3 is 2.06 bits per heavy atom. The van der Waals surface area contributed by atoms with Crippen molar-refractivity contribution < 1.29 is 8.42 Å². The molecule has 0 spiro atoms. The number of thiocarbonyl (C=S) groups is 1. The normalized spacial score (nSPS) is 13.1. The van der Waals surface area contributed by atoms with Gasteiger partial charge in [0.1, 0.15) is 0 Å². The maximum Gasteiger partial charge on any atom is 0.278 e. The highest BCUT2D eigenvalue weighted by atomic mass is 32.2. The minimum absolute atomic E-state index is 0.171. The Morgan fingerprint density at radius 2 is 1.81 bits per heavy atom. The Hall–Kier alpha value is -0.240. The summed E-state index contributed by atoms with van der Waals surface area (Å²) in [5, 5.41) is 0. The summed E-state index contributed by atoms with van der Waals surface area (Å²) in [6, 6.07) is -0.171. The summed E-state index contributed by atoms with van der Waals surface area (Å²) in [4.78, 5) is 0.173. The standard InChI is InChI=1S/C9H21N3O2S2/c1-5-9(6-2,8(10)15)12-16(13,14)11-7(3)4/h7,11-12H,5-6H2,1-4H3,(H2,10,15). The highest BCUT2D eigenvalue weighted by Gasteiger charge is 2.34. The molecule has 0 heterocycles. The molecule has 0 aromatic carbocycles. The van der Waals surface area contributed by atoms with E-state index in [1.54, 1.807) is 13.8 Å². The Bertz CT molecular complexity index is 335. The average molecular weight is 267 g/mol. The van der Waals surface area contributed by atoms with Gasteiger partial charge in [-0.3, -0.25) is 0 Å². The molecule has 0 aliphatic carbocycles. The molecule has 0 aromatic heterocycles. The van der Waals surface area contributed by atoms with Crippen LogP contribution in [0.25, 0.3) is 0 Å². The molecule has 0 rings (SSSR count). The third-order valence-electron chi connectivity index (χ3n) is 2.40. The van der Waals surface area contributed by atoms with Gasteiger partial charge in [-0.05, 0) is 26.7 Å². The van der Waals surface area contributed by atoms with Crippen molar-refractivity contribution in [2.24, 2.45) is 5.73 Å². The first-order chi connectivity index (χ1) is 7.19. The van der Waals surface area contributed by atoms with Crippen molar-refractivity contribution in [3.05, 3.63) is 0 Å². The van der Waals surface area contributed by atoms with Gasteiger partial charge in [0.05, 0.1) is 10.5 Å². The molecule has 96 valence electrons. The van der Waals surface area contributed by atoms with E-state index in [1.165, 1.54) is 0 Å². The van der Waals surface area contributed by atoms with Gasteiger partial charge in [0.15, 0.2) is 0 Å². The van der Waals surface area contributed by atoms with Gasteiger partial charge in [-0.25, -0.2) is 0 Å². The van der Waals surface area contributed by atoms with Gasteiger partial charge in [-0.15, -0.1) is 0 Å². The van der Waals surface area contributed by atoms with Crippen molar-refractivity contribution in [2.75, 3.05) is 0 Å². The lowest BCUT2D eigenvalue weighted by atomic mass is 9.94. The van der Waals surface area contributed by atoms with E-state index < -0.39 is 15.7 Å². The Morgan fingerprint density at radius 1 is 1.38 bits per heavy atom. The average Bonchev–Trinajstić information content (AvgIpc) is 2.11. The van der Waals surface area contributed by atoms with E-state index in [2.05, 4.69) is 9.44 Å². The van der Waals surface area contributed by atoms with E-state index in [-0.39, 0.29) is 11.0 Å². The van der Waals surface area contributed by atoms with Crippen LogP contribution in [0.1, 0.15) is 40.5 Å². The summed E-state index contributed by atoms with van der Waals surface area (Å²) in [5.74, 6) is 0. The molecule has 0 amide bonds. The van der Waals surface area contributed by atoms with E-state index in [4.69, 9.17) is 18.0 Å². The molecule has 0 fully saturated rings. The first kappa shape index (κ1) is 15.8. The minimum Gasteiger partial charge on any atom is -0.392 e. The van der Waals surface area contributed by atoms with Crippen LogP contribution in [-0.4, -0.2) is 25.0 Å². The fourth-order valence-electron chi connectivity index (χ4n) is 1.39. The topological polar surface area (TPSA) is 84.2 Å². The Labute approximate surface area is 103 Å². The lowest BCUT2D eigenvalue weighted by Gasteiger charge is -2.31. The SMILES string of the molecule is CCC(CC)(NS(=O)(=O)NC(C)C)C(N)=S. The predicted octanol–water partition coefficient (Wildman–Crippen LogP) is 0.664. The van der Waals surface area contributed by atoms with E-state index in [1.807, 2.05) is 13.8 Å². The third-order valence-corrected chi connectivity index (χ3v) is 4.23. The first-order valence-electron chi connectivity index (χ1n) is 5.30. The van der Waals surface area contributed by atoms with Crippen LogP contribution in [0.15, 0.2) is 0 Å². The molecule has 0 aliphatic rings. The molecule has 0 unspecified atom stereocenters. The fourth-order valence-corrected chi connectivity index (χ4v) is 3.39. The summed E-state index contributed by atoms with van der Waals surface area (Å²) >= 11 is 4.93. The fraction of sp³-hybridized carbons (Fsp3) is 0.889. The lowest BCUT2D eigenvalue weighted by Crippen LogP contribution is -2.59. The van der Waals surface area contributed by atoms with Gasteiger partial charge < -0.3 is 5.73 Å². The summed E-state index contributed by atoms with van der Waals surface area (Å²) < 4.78 is 28.5. The summed E-state index contributed by atoms with van der Waals surface area (Å²) in [7, 11) is -3.58. The largest absolute Gasteiger partial charge is 0.392 e. The molecule has 0 bridgehead atoms. The van der Waals surface area contributed by atoms with Gasteiger partial charge in [0.25, 0.3) is 10.2 Å². The number of hydrogen-bond donors (Lipinski definition) is 3. The maximum absolute atomic E-state index is 11.7. The lowest BCUT2D eigenvalue weighted by molar-refractivity contribution is 0.457. The van der Waals surface area contributed by atoms with Crippen molar-refractivity contribution in [3.8, 4) is 0 Å². The summed E-state index contributed by atoms with van der Waals surface area (Å²) in [5.41, 5.74) is 4.77. The van der Waals surface area contributed by atoms with Gasteiger partial charge >= 0.3 is 0 Å². The number of rotatable bonds is 7. The van der Waals surface area contributed by atoms with E-state index in [0.29, 0.717) is 12.8 Å². The van der Waals surface area contributed by atoms with E-state index in [9.17, 15) is 8.42 Å². The predicted molar refractivity (Wildman–Crippen MR) is 70.4 cm³/mol. The highest BCUT2D eigenvalue weighted by Crippen LogP contribution is 2.16. The summed E-state index contributed by atoms with van der Waals surface area (Å²) in [6.45, 7) is 7.19. The van der Waals surface area contributed by atoms with Crippen LogP contribution in [0.5, 0.6) is 0 Å². The van der Waals surface area contributed by atoms with Crippen molar-refractivity contribution in [2.45, 2.75) is 52.1 Å². The second-order valence-corrected chi connectivity index (χ2v) is 5.92. The maximum atomic E-state index is 11.7. The second-order valence-electron chi connectivity index (χ2n) is 4.03. The van der Waals surface area contributed by atoms with Crippen LogP contribution in [0.3, 0.4) is 0 Å². The molecule has 16 heavy (non-hydrogen) atoms. The van der Waals surface area contributed by atoms with Crippen LogP contribution < -0.4 is 15.2 Å². The van der Waals surface area contributed by atoms with Gasteiger partial charge in [0.2, 0.25) is 0 Å². The van der Waals surface area contributed by atoms with Crippen LogP contribution in [0.4, 0.5) is 0 Å². The van der Waals surface area contributed by atoms with Crippen LogP contribution in [-0.2, 0) is 10.2 Å². The summed E-state index contributed by atoms with van der Waals surface area (Å²) in [6.07, 6.45) is 1.05. The third kappa shape index (κ3) is 4.32. The molecule has 0 aromatic rings.